The summed E-state index contributed by atoms with van der Waals surface area (Å²) in [5.74, 6) is 1.05. The third-order valence-corrected chi connectivity index (χ3v) is 9.79. The smallest absolute Gasteiger partial charge is 0.358 e. The van der Waals surface area contributed by atoms with E-state index < -0.39 is 0 Å². The van der Waals surface area contributed by atoms with Crippen molar-refractivity contribution in [2.75, 3.05) is 0 Å². The van der Waals surface area contributed by atoms with Gasteiger partial charge < -0.3 is 14.9 Å². The van der Waals surface area contributed by atoms with Gasteiger partial charge in [0.1, 0.15) is 0 Å². The predicted molar refractivity (Wildman–Crippen MR) is 190 cm³/mol. The maximum Gasteiger partial charge on any atom is 4.00 e. The molecule has 0 aliphatic heterocycles. The van der Waals surface area contributed by atoms with Crippen LogP contribution in [0.25, 0.3) is 43.8 Å². The molecule has 0 unspecified atom stereocenters. The largest absolute Gasteiger partial charge is 4.00 e. The van der Waals surface area contributed by atoms with Crippen molar-refractivity contribution < 1.29 is 25.8 Å². The number of benzene rings is 4. The fourth-order valence-corrected chi connectivity index (χ4v) is 7.38. The Morgan fingerprint density at radius 1 is 0.545 bits per heavy atom. The Morgan fingerprint density at radius 2 is 0.955 bits per heavy atom. The van der Waals surface area contributed by atoms with E-state index >= 15 is 0 Å². The third-order valence-electron chi connectivity index (χ3n) is 9.79. The topological polar surface area (TPSA) is 0 Å². The Bertz CT molecular complexity index is 1720. The van der Waals surface area contributed by atoms with Crippen LogP contribution in [-0.2, 0) is 31.3 Å². The van der Waals surface area contributed by atoms with E-state index in [1.807, 2.05) is 0 Å². The predicted octanol–water partition coefficient (Wildman–Crippen LogP) is 12.8. The number of fused-ring (bicyclic) bond motifs is 2. The van der Waals surface area contributed by atoms with Crippen molar-refractivity contribution in [1.82, 2.24) is 0 Å². The van der Waals surface area contributed by atoms with Gasteiger partial charge in [0.2, 0.25) is 0 Å². The van der Waals surface area contributed by atoms with Crippen molar-refractivity contribution >= 4 is 21.5 Å². The summed E-state index contributed by atoms with van der Waals surface area (Å²) in [6.07, 6.45) is 5.01. The Kier molecular flexibility index (Phi) is 10.4. The van der Waals surface area contributed by atoms with Crippen LogP contribution in [0.3, 0.4) is 0 Å². The molecule has 0 bridgehead atoms. The van der Waals surface area contributed by atoms with E-state index in [4.69, 9.17) is 0 Å². The first kappa shape index (κ1) is 33.9. The Balaban J connectivity index is 0.00000147. The molecular weight excluding hydrogens is 695 g/mol. The van der Waals surface area contributed by atoms with Crippen molar-refractivity contribution in [2.45, 2.75) is 70.6 Å². The van der Waals surface area contributed by atoms with Crippen LogP contribution in [0, 0.1) is 14.9 Å². The fraction of sp³-hybridized carbons (Fsp3) is 0.256. The molecule has 0 heterocycles. The van der Waals surface area contributed by atoms with Gasteiger partial charge in [-0.1, -0.05) is 112 Å². The zero-order valence-electron chi connectivity index (χ0n) is 27.4. The summed E-state index contributed by atoms with van der Waals surface area (Å²) in [6, 6.07) is 42.0. The summed E-state index contributed by atoms with van der Waals surface area (Å²) in [7, 11) is 0. The molecule has 0 radical (unpaired) electrons. The molecule has 0 amide bonds. The second-order valence-corrected chi connectivity index (χ2v) is 13.0. The molecule has 44 heavy (non-hydrogen) atoms. The average Bonchev–Trinajstić information content (AvgIpc) is 3.75. The molecule has 6 aromatic carbocycles. The maximum absolute atomic E-state index is 2.53. The molecule has 222 valence electrons. The summed E-state index contributed by atoms with van der Waals surface area (Å²) >= 11 is 0. The van der Waals surface area contributed by atoms with Gasteiger partial charge in [-0.25, -0.2) is 0 Å². The Hall–Kier alpha value is -3.03. The Morgan fingerprint density at radius 3 is 1.36 bits per heavy atom. The molecule has 1 saturated carbocycles. The SMILES string of the molecule is CC(C)c1cccc(-c2cccc3[cH-]c(C4(c5cc6c(-c7cccc(C(C)C)c7)cccc6[cH-]5)CCCC4)cc23)c1.[CH3-].[CH3-].[Hf+4]. The van der Waals surface area contributed by atoms with Crippen LogP contribution in [0.15, 0.2) is 109 Å². The third kappa shape index (κ3) is 5.85. The average molecular weight is 741 g/mol. The molecular formula is C43H46Hf. The van der Waals surface area contributed by atoms with Crippen LogP contribution in [0.5, 0.6) is 0 Å². The first-order chi connectivity index (χ1) is 19.9. The minimum absolute atomic E-state index is 0. The summed E-state index contributed by atoms with van der Waals surface area (Å²) < 4.78 is 0. The normalized spacial score (nSPS) is 14.0. The monoisotopic (exact) mass is 742 g/mol. The van der Waals surface area contributed by atoms with Gasteiger partial charge in [0, 0.05) is 0 Å². The van der Waals surface area contributed by atoms with Crippen molar-refractivity contribution in [3.63, 3.8) is 0 Å². The first-order valence-electron chi connectivity index (χ1n) is 15.5. The van der Waals surface area contributed by atoms with Gasteiger partial charge >= 0.3 is 25.8 Å². The number of hydrogen-bond acceptors (Lipinski definition) is 0. The van der Waals surface area contributed by atoms with Crippen molar-refractivity contribution in [2.24, 2.45) is 0 Å². The summed E-state index contributed by atoms with van der Waals surface area (Å²) in [4.78, 5) is 0. The minimum Gasteiger partial charge on any atom is -0.358 e. The van der Waals surface area contributed by atoms with Crippen molar-refractivity contribution in [1.29, 1.82) is 0 Å². The van der Waals surface area contributed by atoms with E-state index in [9.17, 15) is 0 Å². The molecule has 0 N–H and O–H groups in total. The van der Waals surface area contributed by atoms with Crippen molar-refractivity contribution in [3.8, 4) is 22.3 Å². The van der Waals surface area contributed by atoms with E-state index in [2.05, 4.69) is 137 Å². The molecule has 0 aromatic heterocycles. The zero-order valence-corrected chi connectivity index (χ0v) is 31.0. The molecule has 0 saturated heterocycles. The molecule has 6 aromatic rings. The molecule has 0 spiro atoms. The van der Waals surface area contributed by atoms with Crippen LogP contribution >= 0.6 is 0 Å². The fourth-order valence-electron chi connectivity index (χ4n) is 7.38. The Labute approximate surface area is 285 Å². The first-order valence-corrected chi connectivity index (χ1v) is 15.5. The molecule has 7 rings (SSSR count). The molecule has 0 atom stereocenters. The molecule has 1 aliphatic carbocycles. The van der Waals surface area contributed by atoms with Gasteiger partial charge in [0.05, 0.1) is 0 Å². The van der Waals surface area contributed by atoms with E-state index in [1.165, 1.54) is 91.7 Å². The summed E-state index contributed by atoms with van der Waals surface area (Å²) in [6.45, 7) is 9.11. The van der Waals surface area contributed by atoms with Gasteiger partial charge in [-0.05, 0) is 52.3 Å². The minimum atomic E-state index is 0. The van der Waals surface area contributed by atoms with Gasteiger partial charge in [-0.15, -0.1) is 69.1 Å². The second-order valence-electron chi connectivity index (χ2n) is 13.0. The second kappa shape index (κ2) is 13.5. The van der Waals surface area contributed by atoms with E-state index in [-0.39, 0.29) is 46.1 Å². The van der Waals surface area contributed by atoms with E-state index in [0.29, 0.717) is 11.8 Å². The molecule has 1 aliphatic rings. The molecule has 0 nitrogen and oxygen atoms in total. The summed E-state index contributed by atoms with van der Waals surface area (Å²) in [5, 5.41) is 5.50. The van der Waals surface area contributed by atoms with Gasteiger partial charge in [-0.3, -0.25) is 0 Å². The zero-order chi connectivity index (χ0) is 28.1. The summed E-state index contributed by atoms with van der Waals surface area (Å²) in [5.41, 5.74) is 11.2. The standard InChI is InChI=1S/C41H40.2CH3.Hf/c1-27(2)29-11-7-13-31(21-29)37-17-9-15-33-23-35(25-39(33)37)41(19-5-6-20-41)36-24-34-16-10-18-38(40(34)26-36)32-14-8-12-30(22-32)28(3)4;;;/h7-18,21-28H,5-6,19-20H2,1-4H3;2*1H3;/q-2;2*-1;+4. The van der Waals surface area contributed by atoms with Crippen LogP contribution in [0.4, 0.5) is 0 Å². The molecule has 1 heteroatoms. The molecule has 1 fully saturated rings. The van der Waals surface area contributed by atoms with Crippen LogP contribution in [-0.4, -0.2) is 0 Å². The maximum atomic E-state index is 2.53. The van der Waals surface area contributed by atoms with Crippen LogP contribution in [0.1, 0.15) is 87.5 Å². The number of hydrogen-bond donors (Lipinski definition) is 0. The quantitative estimate of drug-likeness (QED) is 0.118. The van der Waals surface area contributed by atoms with Crippen LogP contribution in [0.2, 0.25) is 0 Å². The van der Waals surface area contributed by atoms with Gasteiger partial charge in [-0.2, -0.15) is 12.1 Å². The van der Waals surface area contributed by atoms with Gasteiger partial charge in [0.15, 0.2) is 0 Å². The van der Waals surface area contributed by atoms with E-state index in [0.717, 1.165) is 0 Å². The van der Waals surface area contributed by atoms with Crippen molar-refractivity contribution in [3.05, 3.63) is 146 Å². The van der Waals surface area contributed by atoms with Gasteiger partial charge in [0.25, 0.3) is 0 Å². The van der Waals surface area contributed by atoms with E-state index in [1.54, 1.807) is 0 Å². The van der Waals surface area contributed by atoms with Crippen LogP contribution < -0.4 is 0 Å². The number of rotatable bonds is 6.